The maximum atomic E-state index is 12.5. The lowest BCUT2D eigenvalue weighted by Gasteiger charge is -2.07. The first-order valence-corrected chi connectivity index (χ1v) is 9.54. The highest BCUT2D eigenvalue weighted by Crippen LogP contribution is 2.28. The number of aromatic nitrogens is 1. The maximum Gasteiger partial charge on any atom is 0.324 e. The van der Waals surface area contributed by atoms with Crippen LogP contribution >= 0.6 is 34.3 Å². The van der Waals surface area contributed by atoms with Crippen molar-refractivity contribution in [3.63, 3.8) is 0 Å². The fourth-order valence-electron chi connectivity index (χ4n) is 2.47. The van der Waals surface area contributed by atoms with Crippen LogP contribution in [0.4, 0.5) is 5.00 Å². The van der Waals surface area contributed by atoms with Gasteiger partial charge in [0.1, 0.15) is 4.88 Å². The van der Waals surface area contributed by atoms with Crippen LogP contribution in [0.3, 0.4) is 0 Å². The summed E-state index contributed by atoms with van der Waals surface area (Å²) in [5.74, 6) is -0.510. The van der Waals surface area contributed by atoms with E-state index in [1.165, 1.54) is 23.5 Å². The molecule has 136 valence electrons. The van der Waals surface area contributed by atoms with Crippen molar-refractivity contribution in [3.05, 3.63) is 54.6 Å². The van der Waals surface area contributed by atoms with Gasteiger partial charge in [0.15, 0.2) is 4.80 Å². The molecule has 0 saturated carbocycles. The third-order valence-corrected chi connectivity index (χ3v) is 6.21. The third kappa shape index (κ3) is 3.56. The molecule has 0 spiro atoms. The minimum Gasteiger partial charge on any atom is -0.383 e. The first-order chi connectivity index (χ1) is 12.4. The minimum absolute atomic E-state index is 0.0882. The average molecular weight is 412 g/mol. The number of nitro groups is 1. The molecule has 3 rings (SSSR count). The zero-order chi connectivity index (χ0) is 18.8. The molecule has 0 aliphatic heterocycles. The molecule has 0 atom stereocenters. The van der Waals surface area contributed by atoms with Gasteiger partial charge < -0.3 is 9.30 Å². The summed E-state index contributed by atoms with van der Waals surface area (Å²) < 4.78 is 8.00. The molecule has 1 aromatic carbocycles. The van der Waals surface area contributed by atoms with E-state index in [0.29, 0.717) is 23.0 Å². The molecule has 2 aromatic heterocycles. The van der Waals surface area contributed by atoms with Crippen molar-refractivity contribution >= 4 is 55.4 Å². The van der Waals surface area contributed by atoms with Gasteiger partial charge in [-0.05, 0) is 30.7 Å². The fraction of sp³-hybridized carbons (Fsp3) is 0.250. The number of fused-ring (bicyclic) bond motifs is 1. The Balaban J connectivity index is 2.13. The number of ether oxygens (including phenoxy) is 1. The van der Waals surface area contributed by atoms with Gasteiger partial charge in [-0.1, -0.05) is 34.3 Å². The molecule has 0 N–H and O–H groups in total. The lowest BCUT2D eigenvalue weighted by molar-refractivity contribution is -0.380. The highest BCUT2D eigenvalue weighted by atomic mass is 35.5. The molecule has 26 heavy (non-hydrogen) atoms. The largest absolute Gasteiger partial charge is 0.383 e. The molecule has 0 unspecified atom stereocenters. The third-order valence-electron chi connectivity index (χ3n) is 3.73. The molecule has 0 aliphatic rings. The molecule has 10 heteroatoms. The van der Waals surface area contributed by atoms with E-state index in [1.54, 1.807) is 7.11 Å². The molecule has 0 fully saturated rings. The lowest BCUT2D eigenvalue weighted by Crippen LogP contribution is -2.19. The maximum absolute atomic E-state index is 12.5. The van der Waals surface area contributed by atoms with Crippen LogP contribution in [0.2, 0.25) is 5.02 Å². The minimum atomic E-state index is -0.523. The molecular weight excluding hydrogens is 398 g/mol. The number of carbonyl (C=O) groups is 1. The van der Waals surface area contributed by atoms with E-state index in [9.17, 15) is 14.9 Å². The smallest absolute Gasteiger partial charge is 0.324 e. The summed E-state index contributed by atoms with van der Waals surface area (Å²) in [6, 6.07) is 6.42. The normalized spacial score (nSPS) is 12.0. The number of halogens is 1. The molecule has 1 amide bonds. The van der Waals surface area contributed by atoms with E-state index >= 15 is 0 Å². The predicted molar refractivity (Wildman–Crippen MR) is 102 cm³/mol. The number of hydrogen-bond acceptors (Lipinski definition) is 6. The standard InChI is InChI=1S/C16H14ClN3O4S2/c1-9-10(17)3-4-11-14(9)19(7-8-24-2)16(26-11)18-15(21)12-5-6-13(25-12)20(22)23/h3-6H,7-8H2,1-2H3. The van der Waals surface area contributed by atoms with Crippen LogP contribution in [-0.2, 0) is 11.3 Å². The van der Waals surface area contributed by atoms with Gasteiger partial charge in [-0.2, -0.15) is 4.99 Å². The quantitative estimate of drug-likeness (QED) is 0.468. The fourth-order valence-corrected chi connectivity index (χ4v) is 4.45. The number of nitrogens with zero attached hydrogens (tertiary/aromatic N) is 3. The van der Waals surface area contributed by atoms with Crippen molar-refractivity contribution < 1.29 is 14.5 Å². The van der Waals surface area contributed by atoms with Gasteiger partial charge in [-0.3, -0.25) is 14.9 Å². The predicted octanol–water partition coefficient (Wildman–Crippen LogP) is 4.02. The Bertz CT molecular complexity index is 1070. The Morgan fingerprint density at radius 1 is 1.35 bits per heavy atom. The van der Waals surface area contributed by atoms with Gasteiger partial charge in [-0.25, -0.2) is 0 Å². The summed E-state index contributed by atoms with van der Waals surface area (Å²) in [4.78, 5) is 27.7. The Morgan fingerprint density at radius 3 is 2.77 bits per heavy atom. The monoisotopic (exact) mass is 411 g/mol. The van der Waals surface area contributed by atoms with Gasteiger partial charge in [-0.15, -0.1) is 0 Å². The summed E-state index contributed by atoms with van der Waals surface area (Å²) in [6.07, 6.45) is 0. The van der Waals surface area contributed by atoms with Crippen LogP contribution in [0.25, 0.3) is 10.2 Å². The topological polar surface area (TPSA) is 86.7 Å². The Labute approximate surface area is 161 Å². The van der Waals surface area contributed by atoms with Crippen LogP contribution in [0.1, 0.15) is 15.2 Å². The molecular formula is C16H14ClN3O4S2. The van der Waals surface area contributed by atoms with E-state index in [2.05, 4.69) is 4.99 Å². The van der Waals surface area contributed by atoms with Crippen molar-refractivity contribution in [2.75, 3.05) is 13.7 Å². The first kappa shape index (κ1) is 18.7. The molecule has 0 bridgehead atoms. The van der Waals surface area contributed by atoms with Crippen LogP contribution in [0, 0.1) is 17.0 Å². The molecule has 7 nitrogen and oxygen atoms in total. The Hall–Kier alpha value is -2.07. The SMILES string of the molecule is COCCn1c(=NC(=O)c2ccc([N+](=O)[O-])s2)sc2ccc(Cl)c(C)c21. The number of benzene rings is 1. The van der Waals surface area contributed by atoms with E-state index in [1.807, 2.05) is 23.6 Å². The van der Waals surface area contributed by atoms with Crippen molar-refractivity contribution in [2.45, 2.75) is 13.5 Å². The summed E-state index contributed by atoms with van der Waals surface area (Å²) in [6.45, 7) is 2.87. The van der Waals surface area contributed by atoms with Crippen LogP contribution < -0.4 is 4.80 Å². The van der Waals surface area contributed by atoms with Crippen LogP contribution in [0.15, 0.2) is 29.3 Å². The number of aryl methyl sites for hydroxylation is 1. The number of hydrogen-bond donors (Lipinski definition) is 0. The number of thiophene rings is 1. The number of thiazole rings is 1. The van der Waals surface area contributed by atoms with E-state index in [0.717, 1.165) is 27.1 Å². The second-order valence-electron chi connectivity index (χ2n) is 5.36. The number of rotatable bonds is 5. The first-order valence-electron chi connectivity index (χ1n) is 7.53. The Morgan fingerprint density at radius 2 is 2.12 bits per heavy atom. The Kier molecular flexibility index (Phi) is 5.52. The lowest BCUT2D eigenvalue weighted by atomic mass is 10.2. The van der Waals surface area contributed by atoms with Gasteiger partial charge >= 0.3 is 5.00 Å². The zero-order valence-corrected chi connectivity index (χ0v) is 16.3. The van der Waals surface area contributed by atoms with E-state index < -0.39 is 10.8 Å². The molecule has 0 saturated heterocycles. The van der Waals surface area contributed by atoms with Gasteiger partial charge in [0, 0.05) is 24.7 Å². The van der Waals surface area contributed by atoms with E-state index in [-0.39, 0.29) is 9.88 Å². The second kappa shape index (κ2) is 7.67. The van der Waals surface area contributed by atoms with Crippen molar-refractivity contribution in [2.24, 2.45) is 4.99 Å². The summed E-state index contributed by atoms with van der Waals surface area (Å²) in [5.41, 5.74) is 1.81. The average Bonchev–Trinajstić information content (AvgIpc) is 3.22. The molecule has 0 aliphatic carbocycles. The highest BCUT2D eigenvalue weighted by Gasteiger charge is 2.16. The zero-order valence-electron chi connectivity index (χ0n) is 13.9. The second-order valence-corrected chi connectivity index (χ2v) is 7.84. The molecule has 2 heterocycles. The van der Waals surface area contributed by atoms with Crippen molar-refractivity contribution in [1.82, 2.24) is 4.57 Å². The summed E-state index contributed by atoms with van der Waals surface area (Å²) in [7, 11) is 1.60. The van der Waals surface area contributed by atoms with Crippen LogP contribution in [0.5, 0.6) is 0 Å². The van der Waals surface area contributed by atoms with Crippen molar-refractivity contribution in [3.8, 4) is 0 Å². The van der Waals surface area contributed by atoms with Gasteiger partial charge in [0.2, 0.25) is 0 Å². The molecule has 0 radical (unpaired) electrons. The van der Waals surface area contributed by atoms with E-state index in [4.69, 9.17) is 16.3 Å². The molecule has 3 aromatic rings. The number of carbonyl (C=O) groups excluding carboxylic acids is 1. The number of amides is 1. The number of methoxy groups -OCH3 is 1. The van der Waals surface area contributed by atoms with Crippen LogP contribution in [-0.4, -0.2) is 29.1 Å². The van der Waals surface area contributed by atoms with Gasteiger partial charge in [0.25, 0.3) is 5.91 Å². The van der Waals surface area contributed by atoms with Crippen molar-refractivity contribution in [1.29, 1.82) is 0 Å². The van der Waals surface area contributed by atoms with Gasteiger partial charge in [0.05, 0.1) is 21.7 Å². The summed E-state index contributed by atoms with van der Waals surface area (Å²) in [5, 5.41) is 11.3. The highest BCUT2D eigenvalue weighted by molar-refractivity contribution is 7.17. The summed E-state index contributed by atoms with van der Waals surface area (Å²) >= 11 is 8.41.